The molecule has 0 atom stereocenters. The summed E-state index contributed by atoms with van der Waals surface area (Å²) in [7, 11) is 0. The second-order valence-corrected chi connectivity index (χ2v) is 4.18. The predicted molar refractivity (Wildman–Crippen MR) is 54.9 cm³/mol. The van der Waals surface area contributed by atoms with Gasteiger partial charge in [0, 0.05) is 21.3 Å². The smallest absolute Gasteiger partial charge is 0.0898 e. The van der Waals surface area contributed by atoms with Crippen molar-refractivity contribution in [2.24, 2.45) is 0 Å². The lowest BCUT2D eigenvalue weighted by Gasteiger charge is -1.96. The zero-order valence-corrected chi connectivity index (χ0v) is 9.13. The Morgan fingerprint density at radius 1 is 0.833 bits per heavy atom. The van der Waals surface area contributed by atoms with Crippen LogP contribution in [0.25, 0.3) is 11.0 Å². The fraction of sp³-hybridized carbons (Fsp3) is 0. The summed E-state index contributed by atoms with van der Waals surface area (Å²) in [5.41, 5.74) is 1.79. The molecular weight excluding hydrogens is 284 g/mol. The number of aromatic nitrogens is 2. The molecule has 0 radical (unpaired) electrons. The molecule has 0 N–H and O–H groups in total. The molecule has 2 heterocycles. The zero-order valence-electron chi connectivity index (χ0n) is 5.96. The van der Waals surface area contributed by atoms with Crippen LogP contribution in [0, 0.1) is 0 Å². The molecule has 60 valence electrons. The highest BCUT2D eigenvalue weighted by Gasteiger charge is 1.97. The summed E-state index contributed by atoms with van der Waals surface area (Å²) >= 11 is 6.67. The first-order valence-electron chi connectivity index (χ1n) is 3.32. The fourth-order valence-electron chi connectivity index (χ4n) is 0.953. The van der Waals surface area contributed by atoms with E-state index < -0.39 is 0 Å². The van der Waals surface area contributed by atoms with Crippen molar-refractivity contribution in [1.29, 1.82) is 0 Å². The fourth-order valence-corrected chi connectivity index (χ4v) is 1.59. The maximum absolute atomic E-state index is 4.20. The van der Waals surface area contributed by atoms with Gasteiger partial charge in [0.1, 0.15) is 0 Å². The zero-order chi connectivity index (χ0) is 8.55. The Labute approximate surface area is 86.3 Å². The van der Waals surface area contributed by atoms with Gasteiger partial charge in [0.2, 0.25) is 0 Å². The monoisotopic (exact) mass is 286 g/mol. The van der Waals surface area contributed by atoms with Crippen LogP contribution in [0.4, 0.5) is 0 Å². The summed E-state index contributed by atoms with van der Waals surface area (Å²) in [6.07, 6.45) is 3.52. The number of nitrogens with zero attached hydrogens (tertiary/aromatic N) is 2. The van der Waals surface area contributed by atoms with E-state index >= 15 is 0 Å². The Balaban J connectivity index is 2.79. The number of hydrogen-bond acceptors (Lipinski definition) is 2. The first kappa shape index (κ1) is 8.13. The van der Waals surface area contributed by atoms with E-state index in [1.165, 1.54) is 0 Å². The maximum atomic E-state index is 4.20. The molecule has 0 aliphatic rings. The number of rotatable bonds is 0. The Kier molecular flexibility index (Phi) is 2.11. The first-order valence-corrected chi connectivity index (χ1v) is 4.91. The maximum Gasteiger partial charge on any atom is 0.0898 e. The van der Waals surface area contributed by atoms with Gasteiger partial charge in [0.25, 0.3) is 0 Å². The second-order valence-electron chi connectivity index (χ2n) is 2.35. The molecule has 0 aliphatic heterocycles. The molecule has 0 aromatic carbocycles. The quantitative estimate of drug-likeness (QED) is 0.744. The van der Waals surface area contributed by atoms with E-state index in [0.717, 1.165) is 20.0 Å². The van der Waals surface area contributed by atoms with E-state index in [1.54, 1.807) is 12.4 Å². The third-order valence-electron chi connectivity index (χ3n) is 1.47. The second kappa shape index (κ2) is 3.11. The van der Waals surface area contributed by atoms with E-state index in [0.29, 0.717) is 0 Å². The van der Waals surface area contributed by atoms with Crippen LogP contribution in [-0.2, 0) is 0 Å². The lowest BCUT2D eigenvalue weighted by Crippen LogP contribution is -1.82. The minimum Gasteiger partial charge on any atom is -0.253 e. The third-order valence-corrected chi connectivity index (χ3v) is 2.33. The van der Waals surface area contributed by atoms with Gasteiger partial charge in [-0.3, -0.25) is 9.97 Å². The van der Waals surface area contributed by atoms with Crippen molar-refractivity contribution in [1.82, 2.24) is 9.97 Å². The topological polar surface area (TPSA) is 25.8 Å². The molecule has 0 fully saturated rings. The van der Waals surface area contributed by atoms with Crippen LogP contribution in [0.5, 0.6) is 0 Å². The molecule has 0 saturated carbocycles. The highest BCUT2D eigenvalue weighted by molar-refractivity contribution is 9.10. The summed E-state index contributed by atoms with van der Waals surface area (Å²) in [5.74, 6) is 0. The van der Waals surface area contributed by atoms with E-state index in [1.807, 2.05) is 12.1 Å². The van der Waals surface area contributed by atoms with Crippen LogP contribution in [-0.4, -0.2) is 9.97 Å². The predicted octanol–water partition coefficient (Wildman–Crippen LogP) is 3.15. The molecule has 2 rings (SSSR count). The molecule has 2 aromatic rings. The molecule has 0 bridgehead atoms. The van der Waals surface area contributed by atoms with Crippen molar-refractivity contribution in [3.63, 3.8) is 0 Å². The van der Waals surface area contributed by atoms with Gasteiger partial charge in [-0.2, -0.15) is 0 Å². The molecule has 4 heteroatoms. The van der Waals surface area contributed by atoms with Crippen LogP contribution in [0.3, 0.4) is 0 Å². The van der Waals surface area contributed by atoms with Gasteiger partial charge in [-0.1, -0.05) is 0 Å². The average molecular weight is 288 g/mol. The van der Waals surface area contributed by atoms with Crippen LogP contribution in [0.2, 0.25) is 0 Å². The van der Waals surface area contributed by atoms with E-state index in [4.69, 9.17) is 0 Å². The van der Waals surface area contributed by atoms with Gasteiger partial charge in [-0.25, -0.2) is 0 Å². The molecule has 2 nitrogen and oxygen atoms in total. The van der Waals surface area contributed by atoms with Crippen molar-refractivity contribution in [3.8, 4) is 0 Å². The Morgan fingerprint density at radius 2 is 1.25 bits per heavy atom. The van der Waals surface area contributed by atoms with Crippen molar-refractivity contribution in [3.05, 3.63) is 33.5 Å². The molecular formula is C8H4Br2N2. The van der Waals surface area contributed by atoms with E-state index in [9.17, 15) is 0 Å². The number of fused-ring (bicyclic) bond motifs is 1. The van der Waals surface area contributed by atoms with Crippen LogP contribution in [0.15, 0.2) is 33.5 Å². The highest BCUT2D eigenvalue weighted by atomic mass is 79.9. The van der Waals surface area contributed by atoms with Crippen molar-refractivity contribution >= 4 is 42.9 Å². The molecule has 0 aliphatic carbocycles. The highest BCUT2D eigenvalue weighted by Crippen LogP contribution is 2.18. The molecule has 0 saturated heterocycles. The van der Waals surface area contributed by atoms with Gasteiger partial charge < -0.3 is 0 Å². The molecule has 0 unspecified atom stereocenters. The van der Waals surface area contributed by atoms with Gasteiger partial charge >= 0.3 is 0 Å². The first-order chi connectivity index (χ1) is 5.75. The van der Waals surface area contributed by atoms with E-state index in [-0.39, 0.29) is 0 Å². The lowest BCUT2D eigenvalue weighted by atomic mass is 10.3. The van der Waals surface area contributed by atoms with Gasteiger partial charge in [0.15, 0.2) is 0 Å². The standard InChI is InChI=1S/C8H4Br2N2/c9-5-1-7-8(12-3-5)2-6(10)4-11-7/h1-4H. The van der Waals surface area contributed by atoms with Crippen molar-refractivity contribution in [2.75, 3.05) is 0 Å². The van der Waals surface area contributed by atoms with Crippen LogP contribution in [0.1, 0.15) is 0 Å². The molecule has 0 amide bonds. The van der Waals surface area contributed by atoms with Crippen molar-refractivity contribution in [2.45, 2.75) is 0 Å². The summed E-state index contributed by atoms with van der Waals surface area (Å²) < 4.78 is 1.90. The molecule has 0 spiro atoms. The van der Waals surface area contributed by atoms with Crippen LogP contribution < -0.4 is 0 Å². The van der Waals surface area contributed by atoms with Crippen molar-refractivity contribution < 1.29 is 0 Å². The minimum atomic E-state index is 0.896. The summed E-state index contributed by atoms with van der Waals surface area (Å²) in [4.78, 5) is 8.40. The number of halogens is 2. The SMILES string of the molecule is Brc1cnc2cc(Br)cnc2c1. The van der Waals surface area contributed by atoms with Crippen LogP contribution >= 0.6 is 31.9 Å². The summed E-state index contributed by atoms with van der Waals surface area (Å²) in [6, 6.07) is 3.88. The molecule has 2 aromatic heterocycles. The lowest BCUT2D eigenvalue weighted by molar-refractivity contribution is 1.31. The largest absolute Gasteiger partial charge is 0.253 e. The van der Waals surface area contributed by atoms with Gasteiger partial charge in [-0.15, -0.1) is 0 Å². The van der Waals surface area contributed by atoms with Gasteiger partial charge in [0.05, 0.1) is 11.0 Å². The average Bonchev–Trinajstić information content (AvgIpc) is 2.05. The number of hydrogen-bond donors (Lipinski definition) is 0. The number of pyridine rings is 2. The summed E-state index contributed by atoms with van der Waals surface area (Å²) in [6.45, 7) is 0. The Morgan fingerprint density at radius 3 is 1.67 bits per heavy atom. The Hall–Kier alpha value is -0.480. The summed E-state index contributed by atoms with van der Waals surface area (Å²) in [5, 5.41) is 0. The normalized spacial score (nSPS) is 10.5. The minimum absolute atomic E-state index is 0.896. The van der Waals surface area contributed by atoms with E-state index in [2.05, 4.69) is 41.8 Å². The third kappa shape index (κ3) is 1.49. The Bertz CT molecular complexity index is 387. The van der Waals surface area contributed by atoms with Gasteiger partial charge in [-0.05, 0) is 44.0 Å². The molecule has 12 heavy (non-hydrogen) atoms.